The number of H-pyrrole nitrogens is 1. The van der Waals surface area contributed by atoms with Crippen LogP contribution in [0.3, 0.4) is 0 Å². The number of thioether (sulfide) groups is 1. The average molecular weight is 306 g/mol. The second kappa shape index (κ2) is 7.11. The van der Waals surface area contributed by atoms with Gasteiger partial charge in [-0.3, -0.25) is 9.89 Å². The smallest absolute Gasteiger partial charge is 0.230 e. The summed E-state index contributed by atoms with van der Waals surface area (Å²) in [5.41, 5.74) is 1.50. The summed E-state index contributed by atoms with van der Waals surface area (Å²) in [6.45, 7) is 0.743. The van der Waals surface area contributed by atoms with Crippen molar-refractivity contribution >= 4 is 17.7 Å². The minimum Gasteiger partial charge on any atom is -0.355 e. The van der Waals surface area contributed by atoms with E-state index in [1.165, 1.54) is 55.9 Å². The van der Waals surface area contributed by atoms with Gasteiger partial charge in [-0.25, -0.2) is 4.98 Å². The minimum atomic E-state index is 0.0641. The van der Waals surface area contributed by atoms with E-state index in [0.717, 1.165) is 18.8 Å². The van der Waals surface area contributed by atoms with E-state index in [9.17, 15) is 4.79 Å². The maximum absolute atomic E-state index is 11.8. The molecule has 114 valence electrons. The molecule has 6 heteroatoms. The van der Waals surface area contributed by atoms with Gasteiger partial charge < -0.3 is 5.32 Å². The molecule has 0 atom stereocenters. The number of carbonyl (C=O) groups excluding carboxylic acids is 1. The molecule has 0 radical (unpaired) electrons. The van der Waals surface area contributed by atoms with Crippen LogP contribution in [-0.4, -0.2) is 33.4 Å². The van der Waals surface area contributed by atoms with E-state index in [-0.39, 0.29) is 5.91 Å². The van der Waals surface area contributed by atoms with Crippen LogP contribution in [0.5, 0.6) is 0 Å². The molecule has 0 bridgehead atoms. The monoisotopic (exact) mass is 306 g/mol. The molecular formula is C15H22N4OS. The molecule has 1 fully saturated rings. The zero-order valence-electron chi connectivity index (χ0n) is 12.2. The summed E-state index contributed by atoms with van der Waals surface area (Å²) in [4.78, 5) is 16.2. The van der Waals surface area contributed by atoms with Gasteiger partial charge >= 0.3 is 0 Å². The first-order valence-corrected chi connectivity index (χ1v) is 8.79. The fraction of sp³-hybridized carbons (Fsp3) is 0.667. The van der Waals surface area contributed by atoms with Gasteiger partial charge in [0.2, 0.25) is 11.1 Å². The molecule has 0 aliphatic heterocycles. The van der Waals surface area contributed by atoms with Crippen molar-refractivity contribution < 1.29 is 4.79 Å². The summed E-state index contributed by atoms with van der Waals surface area (Å²) in [6, 6.07) is 0. The van der Waals surface area contributed by atoms with Gasteiger partial charge in [-0.15, -0.1) is 5.10 Å². The van der Waals surface area contributed by atoms with E-state index in [1.54, 1.807) is 0 Å². The molecule has 5 nitrogen and oxygen atoms in total. The van der Waals surface area contributed by atoms with E-state index < -0.39 is 0 Å². The van der Waals surface area contributed by atoms with E-state index in [4.69, 9.17) is 0 Å². The molecule has 0 spiro atoms. The molecule has 1 aromatic heterocycles. The zero-order valence-corrected chi connectivity index (χ0v) is 13.0. The third-order valence-electron chi connectivity index (χ3n) is 3.93. The summed E-state index contributed by atoms with van der Waals surface area (Å²) in [7, 11) is 0. The minimum absolute atomic E-state index is 0.0641. The Kier molecular flexibility index (Phi) is 4.95. The predicted octanol–water partition coefficient (Wildman–Crippen LogP) is 2.78. The highest BCUT2D eigenvalue weighted by Crippen LogP contribution is 2.38. The third-order valence-corrected chi connectivity index (χ3v) is 4.78. The maximum atomic E-state index is 11.8. The third kappa shape index (κ3) is 4.59. The summed E-state index contributed by atoms with van der Waals surface area (Å²) in [6.07, 6.45) is 10.7. The molecule has 0 aromatic carbocycles. The Hall–Kier alpha value is -1.30. The number of aromatic amines is 1. The number of nitrogens with zero attached hydrogens (tertiary/aromatic N) is 2. The largest absolute Gasteiger partial charge is 0.355 e. The number of aromatic nitrogens is 3. The fourth-order valence-corrected chi connectivity index (χ4v) is 3.17. The maximum Gasteiger partial charge on any atom is 0.230 e. The van der Waals surface area contributed by atoms with Crippen LogP contribution in [0.4, 0.5) is 0 Å². The molecule has 21 heavy (non-hydrogen) atoms. The van der Waals surface area contributed by atoms with Crippen molar-refractivity contribution in [3.63, 3.8) is 0 Å². The molecule has 2 N–H and O–H groups in total. The Morgan fingerprint density at radius 1 is 1.43 bits per heavy atom. The molecule has 1 heterocycles. The van der Waals surface area contributed by atoms with Gasteiger partial charge in [0.25, 0.3) is 0 Å². The standard InChI is InChI=1S/C15H22N4OS/c20-13(16-9-8-11-4-2-1-3-5-11)10-21-15-17-14(18-19-15)12-6-7-12/h4,12H,1-3,5-10H2,(H,16,20)(H,17,18,19). The van der Waals surface area contributed by atoms with Gasteiger partial charge in [-0.1, -0.05) is 23.4 Å². The fourth-order valence-electron chi connectivity index (χ4n) is 2.54. The molecule has 0 unspecified atom stereocenters. The molecule has 1 saturated carbocycles. The Balaban J connectivity index is 1.32. The Labute approximate surface area is 129 Å². The first kappa shape index (κ1) is 14.6. The van der Waals surface area contributed by atoms with Crippen LogP contribution in [0.1, 0.15) is 56.7 Å². The number of hydrogen-bond donors (Lipinski definition) is 2. The summed E-state index contributed by atoms with van der Waals surface area (Å²) >= 11 is 1.40. The van der Waals surface area contributed by atoms with E-state index >= 15 is 0 Å². The van der Waals surface area contributed by atoms with Crippen LogP contribution in [0, 0.1) is 0 Å². The quantitative estimate of drug-likeness (QED) is 0.600. The van der Waals surface area contributed by atoms with E-state index in [1.807, 2.05) is 0 Å². The number of carbonyl (C=O) groups is 1. The number of hydrogen-bond acceptors (Lipinski definition) is 4. The van der Waals surface area contributed by atoms with Crippen LogP contribution >= 0.6 is 11.8 Å². The van der Waals surface area contributed by atoms with Crippen molar-refractivity contribution in [3.05, 3.63) is 17.5 Å². The second-order valence-corrected chi connectivity index (χ2v) is 6.72. The van der Waals surface area contributed by atoms with Crippen LogP contribution in [-0.2, 0) is 4.79 Å². The van der Waals surface area contributed by atoms with Gasteiger partial charge in [-0.05, 0) is 44.9 Å². The topological polar surface area (TPSA) is 70.7 Å². The Morgan fingerprint density at radius 3 is 3.10 bits per heavy atom. The molecule has 1 amide bonds. The van der Waals surface area contributed by atoms with Crippen LogP contribution < -0.4 is 5.32 Å². The SMILES string of the molecule is O=C(CSc1n[nH]c(C2CC2)n1)NCCC1=CCCCC1. The highest BCUT2D eigenvalue weighted by Gasteiger charge is 2.27. The number of rotatable bonds is 7. The first-order valence-electron chi connectivity index (χ1n) is 7.81. The number of allylic oxidation sites excluding steroid dienone is 1. The van der Waals surface area contributed by atoms with Crippen molar-refractivity contribution in [1.82, 2.24) is 20.5 Å². The molecule has 3 rings (SSSR count). The normalized spacial score (nSPS) is 18.4. The van der Waals surface area contributed by atoms with Gasteiger partial charge in [0, 0.05) is 12.5 Å². The zero-order chi connectivity index (χ0) is 14.5. The second-order valence-electron chi connectivity index (χ2n) is 5.77. The summed E-state index contributed by atoms with van der Waals surface area (Å²) in [5.74, 6) is 2.00. The lowest BCUT2D eigenvalue weighted by Crippen LogP contribution is -2.26. The molecular weight excluding hydrogens is 284 g/mol. The lowest BCUT2D eigenvalue weighted by Gasteiger charge is -2.12. The van der Waals surface area contributed by atoms with Gasteiger partial charge in [-0.2, -0.15) is 0 Å². The van der Waals surface area contributed by atoms with Crippen molar-refractivity contribution in [2.45, 2.75) is 56.0 Å². The first-order chi connectivity index (χ1) is 10.3. The number of nitrogens with one attached hydrogen (secondary N) is 2. The lowest BCUT2D eigenvalue weighted by atomic mass is 9.97. The van der Waals surface area contributed by atoms with Crippen molar-refractivity contribution in [2.24, 2.45) is 0 Å². The molecule has 1 aromatic rings. The molecule has 0 saturated heterocycles. The van der Waals surface area contributed by atoms with Crippen molar-refractivity contribution in [3.8, 4) is 0 Å². The Bertz CT molecular complexity index is 521. The molecule has 2 aliphatic carbocycles. The van der Waals surface area contributed by atoms with Gasteiger partial charge in [0.1, 0.15) is 5.82 Å². The molecule has 2 aliphatic rings. The number of amides is 1. The highest BCUT2D eigenvalue weighted by atomic mass is 32.2. The van der Waals surface area contributed by atoms with Gasteiger partial charge in [0.05, 0.1) is 5.75 Å². The summed E-state index contributed by atoms with van der Waals surface area (Å²) in [5, 5.41) is 10.8. The van der Waals surface area contributed by atoms with E-state index in [0.29, 0.717) is 16.8 Å². The van der Waals surface area contributed by atoms with Crippen molar-refractivity contribution in [2.75, 3.05) is 12.3 Å². The highest BCUT2D eigenvalue weighted by molar-refractivity contribution is 7.99. The summed E-state index contributed by atoms with van der Waals surface area (Å²) < 4.78 is 0. The van der Waals surface area contributed by atoms with Crippen LogP contribution in [0.2, 0.25) is 0 Å². The van der Waals surface area contributed by atoms with E-state index in [2.05, 4.69) is 26.6 Å². The Morgan fingerprint density at radius 2 is 2.33 bits per heavy atom. The lowest BCUT2D eigenvalue weighted by molar-refractivity contribution is -0.118. The van der Waals surface area contributed by atoms with Gasteiger partial charge in [0.15, 0.2) is 0 Å². The predicted molar refractivity (Wildman–Crippen MR) is 83.3 cm³/mol. The van der Waals surface area contributed by atoms with Crippen LogP contribution in [0.15, 0.2) is 16.8 Å². The average Bonchev–Trinajstić information content (AvgIpc) is 3.25. The van der Waals surface area contributed by atoms with Crippen molar-refractivity contribution in [1.29, 1.82) is 0 Å². The van der Waals surface area contributed by atoms with Crippen LogP contribution in [0.25, 0.3) is 0 Å².